The van der Waals surface area contributed by atoms with Gasteiger partial charge in [-0.15, -0.1) is 0 Å². The van der Waals surface area contributed by atoms with Gasteiger partial charge in [-0.05, 0) is 137 Å². The van der Waals surface area contributed by atoms with Gasteiger partial charge in [-0.2, -0.15) is 0 Å². The maximum Gasteiger partial charge on any atom is 0.0731 e. The van der Waals surface area contributed by atoms with Crippen LogP contribution < -0.4 is 11.1 Å². The fraction of sp³-hybridized carbons (Fsp3) is 0.0357. The zero-order chi connectivity index (χ0) is 38.8. The Labute approximate surface area is 338 Å². The van der Waals surface area contributed by atoms with Crippen LogP contribution in [0.4, 0.5) is 17.1 Å². The minimum atomic E-state index is -0.446. The molecule has 0 aliphatic heterocycles. The molecule has 58 heavy (non-hydrogen) atoms. The topological polar surface area (TPSA) is 38.0 Å². The number of aryl methyl sites for hydroxylation is 1. The van der Waals surface area contributed by atoms with Crippen LogP contribution in [0.3, 0.4) is 0 Å². The number of anilines is 3. The van der Waals surface area contributed by atoms with Gasteiger partial charge in [0.1, 0.15) is 0 Å². The van der Waals surface area contributed by atoms with Gasteiger partial charge in [-0.25, -0.2) is 0 Å². The van der Waals surface area contributed by atoms with Crippen molar-refractivity contribution >= 4 is 49.4 Å². The summed E-state index contributed by atoms with van der Waals surface area (Å²) in [5.41, 5.74) is 22.9. The fourth-order valence-corrected chi connectivity index (χ4v) is 9.78. The molecule has 0 saturated carbocycles. The Kier molecular flexibility index (Phi) is 7.80. The van der Waals surface area contributed by atoms with E-state index in [4.69, 9.17) is 5.73 Å². The SMILES string of the molecule is Cc1ccccc1.Nc1ccccc1Nc1ccc(-c2ccc3cc4c(cc3c2)C2(c3ccccc3-c3ccccc32)c2c-4c3ccccc3c3ccccc23)cc1. The molecule has 274 valence electrons. The van der Waals surface area contributed by atoms with Crippen molar-refractivity contribution in [3.63, 3.8) is 0 Å². The van der Waals surface area contributed by atoms with Crippen LogP contribution in [-0.2, 0) is 5.41 Å². The predicted molar refractivity (Wildman–Crippen MR) is 246 cm³/mol. The Morgan fingerprint density at radius 3 is 1.66 bits per heavy atom. The molecule has 0 aromatic heterocycles. The van der Waals surface area contributed by atoms with Crippen LogP contribution in [0.5, 0.6) is 0 Å². The predicted octanol–water partition coefficient (Wildman–Crippen LogP) is 14.5. The van der Waals surface area contributed by atoms with E-state index in [0.717, 1.165) is 17.1 Å². The highest BCUT2D eigenvalue weighted by molar-refractivity contribution is 6.20. The first-order valence-corrected chi connectivity index (χ1v) is 20.1. The fourth-order valence-electron chi connectivity index (χ4n) is 9.78. The summed E-state index contributed by atoms with van der Waals surface area (Å²) >= 11 is 0. The van der Waals surface area contributed by atoms with Crippen LogP contribution in [0.15, 0.2) is 206 Å². The number of rotatable bonds is 3. The Morgan fingerprint density at radius 2 is 0.983 bits per heavy atom. The Hall–Kier alpha value is -7.42. The summed E-state index contributed by atoms with van der Waals surface area (Å²) in [6.45, 7) is 2.08. The number of benzene rings is 10. The molecular weight excluding hydrogens is 701 g/mol. The number of nitrogens with one attached hydrogen (secondary N) is 1. The summed E-state index contributed by atoms with van der Waals surface area (Å²) in [6, 6.07) is 74.9. The third-order valence-corrected chi connectivity index (χ3v) is 12.3. The van der Waals surface area contributed by atoms with Gasteiger partial charge in [0.15, 0.2) is 0 Å². The van der Waals surface area contributed by atoms with Crippen molar-refractivity contribution < 1.29 is 0 Å². The Balaban J connectivity index is 0.000000502. The molecule has 1 spiro atoms. The summed E-state index contributed by atoms with van der Waals surface area (Å²) in [6.07, 6.45) is 0. The number of hydrogen-bond donors (Lipinski definition) is 2. The smallest absolute Gasteiger partial charge is 0.0731 e. The average Bonchev–Trinajstić information content (AvgIpc) is 3.74. The van der Waals surface area contributed by atoms with Gasteiger partial charge in [0, 0.05) is 5.69 Å². The highest BCUT2D eigenvalue weighted by Crippen LogP contribution is 2.65. The zero-order valence-electron chi connectivity index (χ0n) is 32.2. The lowest BCUT2D eigenvalue weighted by Crippen LogP contribution is -2.26. The molecule has 12 rings (SSSR count). The van der Waals surface area contributed by atoms with Crippen molar-refractivity contribution in [1.82, 2.24) is 0 Å². The lowest BCUT2D eigenvalue weighted by atomic mass is 9.69. The van der Waals surface area contributed by atoms with Crippen molar-refractivity contribution in [3.05, 3.63) is 234 Å². The van der Waals surface area contributed by atoms with Crippen molar-refractivity contribution in [1.29, 1.82) is 0 Å². The van der Waals surface area contributed by atoms with E-state index in [1.165, 1.54) is 93.5 Å². The van der Waals surface area contributed by atoms with E-state index in [9.17, 15) is 0 Å². The zero-order valence-corrected chi connectivity index (χ0v) is 32.2. The monoisotopic (exact) mass is 740 g/mol. The summed E-state index contributed by atoms with van der Waals surface area (Å²) in [5, 5.41) is 11.2. The molecule has 10 aromatic carbocycles. The number of nitrogens with two attached hydrogens (primary N) is 1. The van der Waals surface area contributed by atoms with E-state index in [-0.39, 0.29) is 0 Å². The molecule has 0 atom stereocenters. The van der Waals surface area contributed by atoms with E-state index in [0.29, 0.717) is 0 Å². The van der Waals surface area contributed by atoms with Crippen molar-refractivity contribution in [2.75, 3.05) is 11.1 Å². The molecule has 2 heteroatoms. The summed E-state index contributed by atoms with van der Waals surface area (Å²) in [7, 11) is 0. The summed E-state index contributed by atoms with van der Waals surface area (Å²) < 4.78 is 0. The van der Waals surface area contributed by atoms with Gasteiger partial charge >= 0.3 is 0 Å². The lowest BCUT2D eigenvalue weighted by Gasteiger charge is -2.32. The number of hydrogen-bond acceptors (Lipinski definition) is 2. The first-order chi connectivity index (χ1) is 28.6. The molecule has 2 aliphatic carbocycles. The number of para-hydroxylation sites is 2. The molecule has 0 heterocycles. The van der Waals surface area contributed by atoms with Crippen LogP contribution in [0, 0.1) is 6.92 Å². The van der Waals surface area contributed by atoms with Gasteiger partial charge in [-0.1, -0.05) is 169 Å². The van der Waals surface area contributed by atoms with E-state index >= 15 is 0 Å². The second-order valence-electron chi connectivity index (χ2n) is 15.6. The van der Waals surface area contributed by atoms with Gasteiger partial charge in [-0.3, -0.25) is 0 Å². The second-order valence-corrected chi connectivity index (χ2v) is 15.6. The highest BCUT2D eigenvalue weighted by atomic mass is 14.9. The first kappa shape index (κ1) is 33.9. The lowest BCUT2D eigenvalue weighted by molar-refractivity contribution is 0.803. The molecule has 10 aromatic rings. The molecule has 0 unspecified atom stereocenters. The van der Waals surface area contributed by atoms with Crippen LogP contribution in [0.1, 0.15) is 27.8 Å². The van der Waals surface area contributed by atoms with Crippen molar-refractivity contribution in [3.8, 4) is 33.4 Å². The highest BCUT2D eigenvalue weighted by Gasteiger charge is 2.53. The third-order valence-electron chi connectivity index (χ3n) is 12.3. The number of fused-ring (bicyclic) bond motifs is 16. The van der Waals surface area contributed by atoms with Gasteiger partial charge in [0.05, 0.1) is 16.8 Å². The largest absolute Gasteiger partial charge is 0.397 e. The van der Waals surface area contributed by atoms with Crippen LogP contribution in [0.25, 0.3) is 65.7 Å². The van der Waals surface area contributed by atoms with Gasteiger partial charge < -0.3 is 11.1 Å². The van der Waals surface area contributed by atoms with Crippen molar-refractivity contribution in [2.24, 2.45) is 0 Å². The van der Waals surface area contributed by atoms with Crippen LogP contribution >= 0.6 is 0 Å². The average molecular weight is 741 g/mol. The minimum Gasteiger partial charge on any atom is -0.397 e. The molecular formula is C56H40N2. The molecule has 0 bridgehead atoms. The van der Waals surface area contributed by atoms with Gasteiger partial charge in [0.25, 0.3) is 0 Å². The molecule has 0 fully saturated rings. The Morgan fingerprint density at radius 1 is 0.414 bits per heavy atom. The first-order valence-electron chi connectivity index (χ1n) is 20.1. The standard InChI is InChI=1S/C49H32N2.C7H8/c50-45-19-9-10-20-46(45)51-34-25-23-30(24-26-34)31-21-22-32-28-41-44(29-33(32)27-31)49(42-17-7-5-13-37(42)38-14-6-8-18-43(38)49)48-40-16-4-2-12-36(40)35-11-1-3-15-39(35)47(41)48;1-7-5-3-2-4-6-7/h1-29,51H,50H2;2-6H,1H3. The molecule has 0 amide bonds. The molecule has 0 saturated heterocycles. The van der Waals surface area contributed by atoms with E-state index in [1.807, 2.05) is 42.5 Å². The quantitative estimate of drug-likeness (QED) is 0.140. The molecule has 2 aliphatic rings. The van der Waals surface area contributed by atoms with E-state index < -0.39 is 5.41 Å². The maximum atomic E-state index is 6.20. The maximum absolute atomic E-state index is 6.20. The normalized spacial score (nSPS) is 12.8. The number of nitrogen functional groups attached to an aromatic ring is 1. The second kappa shape index (κ2) is 13.4. The summed E-state index contributed by atoms with van der Waals surface area (Å²) in [5.74, 6) is 0. The Bertz CT molecular complexity index is 3170. The minimum absolute atomic E-state index is 0.446. The van der Waals surface area contributed by atoms with Gasteiger partial charge in [0.2, 0.25) is 0 Å². The van der Waals surface area contributed by atoms with E-state index in [1.54, 1.807) is 0 Å². The third kappa shape index (κ3) is 5.12. The van der Waals surface area contributed by atoms with E-state index in [2.05, 4.69) is 176 Å². The van der Waals surface area contributed by atoms with Crippen LogP contribution in [0.2, 0.25) is 0 Å². The van der Waals surface area contributed by atoms with Crippen LogP contribution in [-0.4, -0.2) is 0 Å². The summed E-state index contributed by atoms with van der Waals surface area (Å²) in [4.78, 5) is 0. The molecule has 0 radical (unpaired) electrons. The van der Waals surface area contributed by atoms with Crippen molar-refractivity contribution in [2.45, 2.75) is 12.3 Å². The molecule has 2 nitrogen and oxygen atoms in total. The molecule has 3 N–H and O–H groups in total.